The number of hydrogen-bond donors (Lipinski definition) is 1. The van der Waals surface area contributed by atoms with Gasteiger partial charge < -0.3 is 19.5 Å². The van der Waals surface area contributed by atoms with Gasteiger partial charge in [-0.05, 0) is 13.8 Å². The molecule has 0 radical (unpaired) electrons. The summed E-state index contributed by atoms with van der Waals surface area (Å²) in [5.74, 6) is 0.244. The molecular weight excluding hydrogens is 372 g/mol. The van der Waals surface area contributed by atoms with Gasteiger partial charge in [-0.3, -0.25) is 4.79 Å². The molecule has 144 valence electrons. The highest BCUT2D eigenvalue weighted by molar-refractivity contribution is 7.89. The minimum absolute atomic E-state index is 0. The SMILES string of the molecule is COCCNCC(=O)N1CCN(S(=O)(=O)c2c(C)noc2C)CC1.Cl. The molecule has 0 bridgehead atoms. The van der Waals surface area contributed by atoms with Gasteiger partial charge in [0, 0.05) is 39.8 Å². The molecule has 11 heteroatoms. The maximum atomic E-state index is 12.7. The molecule has 0 aliphatic carbocycles. The van der Waals surface area contributed by atoms with E-state index in [0.717, 1.165) is 0 Å². The summed E-state index contributed by atoms with van der Waals surface area (Å²) < 4.78 is 36.6. The van der Waals surface area contributed by atoms with Crippen LogP contribution in [0.25, 0.3) is 0 Å². The van der Waals surface area contributed by atoms with Gasteiger partial charge in [-0.25, -0.2) is 8.42 Å². The zero-order valence-corrected chi connectivity index (χ0v) is 16.3. The number of nitrogens with one attached hydrogen (secondary N) is 1. The lowest BCUT2D eigenvalue weighted by molar-refractivity contribution is -0.131. The minimum Gasteiger partial charge on any atom is -0.383 e. The number of piperazine rings is 1. The topological polar surface area (TPSA) is 105 Å². The quantitative estimate of drug-likeness (QED) is 0.635. The summed E-state index contributed by atoms with van der Waals surface area (Å²) in [6, 6.07) is 0. The van der Waals surface area contributed by atoms with E-state index < -0.39 is 10.0 Å². The van der Waals surface area contributed by atoms with E-state index in [1.165, 1.54) is 4.31 Å². The Morgan fingerprint density at radius 3 is 2.44 bits per heavy atom. The minimum atomic E-state index is -3.65. The monoisotopic (exact) mass is 396 g/mol. The van der Waals surface area contributed by atoms with Crippen LogP contribution in [-0.4, -0.2) is 81.7 Å². The zero-order chi connectivity index (χ0) is 17.7. The highest BCUT2D eigenvalue weighted by Gasteiger charge is 2.34. The molecule has 1 aliphatic rings. The number of nitrogens with zero attached hydrogens (tertiary/aromatic N) is 3. The molecule has 1 N–H and O–H groups in total. The Morgan fingerprint density at radius 1 is 1.28 bits per heavy atom. The van der Waals surface area contributed by atoms with E-state index in [2.05, 4.69) is 10.5 Å². The van der Waals surface area contributed by atoms with Crippen LogP contribution >= 0.6 is 12.4 Å². The number of rotatable bonds is 7. The van der Waals surface area contributed by atoms with Gasteiger partial charge >= 0.3 is 0 Å². The van der Waals surface area contributed by atoms with Crippen molar-refractivity contribution in [3.8, 4) is 0 Å². The summed E-state index contributed by atoms with van der Waals surface area (Å²) in [4.78, 5) is 13.9. The number of carbonyl (C=O) groups excluding carboxylic acids is 1. The van der Waals surface area contributed by atoms with Gasteiger partial charge in [-0.2, -0.15) is 4.31 Å². The van der Waals surface area contributed by atoms with E-state index in [0.29, 0.717) is 31.9 Å². The summed E-state index contributed by atoms with van der Waals surface area (Å²) in [5.41, 5.74) is 0.355. The summed E-state index contributed by atoms with van der Waals surface area (Å²) in [5, 5.41) is 6.70. The van der Waals surface area contributed by atoms with E-state index in [9.17, 15) is 13.2 Å². The molecule has 1 fully saturated rings. The van der Waals surface area contributed by atoms with Crippen LogP contribution in [0.15, 0.2) is 9.42 Å². The molecule has 1 amide bonds. The number of amides is 1. The Balaban J connectivity index is 0.00000312. The molecule has 0 spiro atoms. The van der Waals surface area contributed by atoms with E-state index >= 15 is 0 Å². The largest absolute Gasteiger partial charge is 0.383 e. The highest BCUT2D eigenvalue weighted by Crippen LogP contribution is 2.24. The summed E-state index contributed by atoms with van der Waals surface area (Å²) in [7, 11) is -2.05. The zero-order valence-electron chi connectivity index (χ0n) is 14.6. The van der Waals surface area contributed by atoms with Gasteiger partial charge in [-0.1, -0.05) is 5.16 Å². The van der Waals surface area contributed by atoms with Crippen molar-refractivity contribution in [3.63, 3.8) is 0 Å². The molecule has 2 heterocycles. The van der Waals surface area contributed by atoms with Crippen LogP contribution < -0.4 is 5.32 Å². The highest BCUT2D eigenvalue weighted by atomic mass is 35.5. The lowest BCUT2D eigenvalue weighted by Crippen LogP contribution is -2.52. The van der Waals surface area contributed by atoms with Gasteiger partial charge in [0.2, 0.25) is 15.9 Å². The van der Waals surface area contributed by atoms with Crippen LogP contribution in [0.5, 0.6) is 0 Å². The molecule has 0 unspecified atom stereocenters. The fraction of sp³-hybridized carbons (Fsp3) is 0.714. The number of aromatic nitrogens is 1. The van der Waals surface area contributed by atoms with Crippen molar-refractivity contribution < 1.29 is 22.5 Å². The van der Waals surface area contributed by atoms with E-state index in [-0.39, 0.29) is 48.6 Å². The Labute approximate surface area is 154 Å². The predicted octanol–water partition coefficient (Wildman–Crippen LogP) is -0.218. The molecule has 1 aromatic heterocycles. The third-order valence-electron chi connectivity index (χ3n) is 3.92. The molecule has 2 rings (SSSR count). The van der Waals surface area contributed by atoms with Crippen molar-refractivity contribution in [1.82, 2.24) is 19.7 Å². The molecule has 25 heavy (non-hydrogen) atoms. The third kappa shape index (κ3) is 5.14. The number of methoxy groups -OCH3 is 1. The molecule has 1 aliphatic heterocycles. The number of hydrogen-bond acceptors (Lipinski definition) is 7. The Kier molecular flexibility index (Phi) is 8.29. The van der Waals surface area contributed by atoms with Crippen molar-refractivity contribution in [2.24, 2.45) is 0 Å². The fourth-order valence-corrected chi connectivity index (χ4v) is 4.34. The van der Waals surface area contributed by atoms with Crippen LogP contribution in [0.2, 0.25) is 0 Å². The van der Waals surface area contributed by atoms with Gasteiger partial charge in [0.25, 0.3) is 0 Å². The van der Waals surface area contributed by atoms with Crippen LogP contribution in [0.1, 0.15) is 11.5 Å². The van der Waals surface area contributed by atoms with Crippen molar-refractivity contribution in [2.45, 2.75) is 18.7 Å². The smallest absolute Gasteiger partial charge is 0.248 e. The van der Waals surface area contributed by atoms with Gasteiger partial charge in [0.1, 0.15) is 10.6 Å². The molecular formula is C14H25ClN4O5S. The lowest BCUT2D eigenvalue weighted by Gasteiger charge is -2.34. The average Bonchev–Trinajstić information content (AvgIpc) is 2.91. The summed E-state index contributed by atoms with van der Waals surface area (Å²) in [6.45, 7) is 5.81. The number of sulfonamides is 1. The molecule has 0 aromatic carbocycles. The molecule has 0 saturated carbocycles. The van der Waals surface area contributed by atoms with Crippen molar-refractivity contribution in [2.75, 3.05) is 53.0 Å². The van der Waals surface area contributed by atoms with Crippen LogP contribution in [-0.2, 0) is 19.6 Å². The number of halogens is 1. The first-order valence-electron chi connectivity index (χ1n) is 7.78. The fourth-order valence-electron chi connectivity index (χ4n) is 2.63. The van der Waals surface area contributed by atoms with E-state index in [1.54, 1.807) is 25.9 Å². The van der Waals surface area contributed by atoms with Gasteiger partial charge in [0.05, 0.1) is 13.2 Å². The summed E-state index contributed by atoms with van der Waals surface area (Å²) >= 11 is 0. The maximum Gasteiger partial charge on any atom is 0.248 e. The van der Waals surface area contributed by atoms with Gasteiger partial charge in [0.15, 0.2) is 5.76 Å². The maximum absolute atomic E-state index is 12.7. The third-order valence-corrected chi connectivity index (χ3v) is 6.06. The Hall–Kier alpha value is -1.20. The first kappa shape index (κ1) is 21.8. The first-order chi connectivity index (χ1) is 11.4. The Bertz CT molecular complexity index is 651. The normalized spacial score (nSPS) is 15.9. The molecule has 9 nitrogen and oxygen atoms in total. The van der Waals surface area contributed by atoms with Crippen LogP contribution in [0, 0.1) is 13.8 Å². The second-order valence-electron chi connectivity index (χ2n) is 5.61. The van der Waals surface area contributed by atoms with E-state index in [4.69, 9.17) is 9.26 Å². The van der Waals surface area contributed by atoms with Gasteiger partial charge in [-0.15, -0.1) is 12.4 Å². The number of carbonyl (C=O) groups is 1. The van der Waals surface area contributed by atoms with Crippen molar-refractivity contribution in [1.29, 1.82) is 0 Å². The predicted molar refractivity (Wildman–Crippen MR) is 93.3 cm³/mol. The van der Waals surface area contributed by atoms with Crippen LogP contribution in [0.3, 0.4) is 0 Å². The number of ether oxygens (including phenoxy) is 1. The lowest BCUT2D eigenvalue weighted by atomic mass is 10.3. The average molecular weight is 397 g/mol. The Morgan fingerprint density at radius 2 is 1.92 bits per heavy atom. The molecule has 1 aromatic rings. The first-order valence-corrected chi connectivity index (χ1v) is 9.22. The van der Waals surface area contributed by atoms with Crippen LogP contribution in [0.4, 0.5) is 0 Å². The number of aryl methyl sites for hydroxylation is 2. The standard InChI is InChI=1S/C14H24N4O5S.ClH/c1-11-14(12(2)23-16-11)24(20,21)18-7-5-17(6-8-18)13(19)10-15-4-9-22-3;/h15H,4-10H2,1-3H3;1H. The molecule has 1 saturated heterocycles. The van der Waals surface area contributed by atoms with Crippen molar-refractivity contribution in [3.05, 3.63) is 11.5 Å². The van der Waals surface area contributed by atoms with E-state index in [1.807, 2.05) is 0 Å². The second-order valence-corrected chi connectivity index (χ2v) is 7.48. The summed E-state index contributed by atoms with van der Waals surface area (Å²) in [6.07, 6.45) is 0. The van der Waals surface area contributed by atoms with Crippen molar-refractivity contribution >= 4 is 28.3 Å². The molecule has 0 atom stereocenters. The second kappa shape index (κ2) is 9.48.